The number of carbonyl (C=O) groups excluding carboxylic acids is 1. The number of hydrogen-bond acceptors (Lipinski definition) is 5. The highest BCUT2D eigenvalue weighted by molar-refractivity contribution is 7.13. The molecule has 1 N–H and O–H groups in total. The summed E-state index contributed by atoms with van der Waals surface area (Å²) in [6.07, 6.45) is 14.9. The molecular formula is C23H36ClNO3S. The van der Waals surface area contributed by atoms with Crippen molar-refractivity contribution in [2.75, 3.05) is 7.11 Å². The fraction of sp³-hybridized carbons (Fsp3) is 0.826. The van der Waals surface area contributed by atoms with E-state index in [1.807, 2.05) is 0 Å². The zero-order valence-corrected chi connectivity index (χ0v) is 19.4. The molecule has 0 radical (unpaired) electrons. The van der Waals surface area contributed by atoms with E-state index in [2.05, 4.69) is 11.9 Å². The third kappa shape index (κ3) is 5.54. The molecular weight excluding hydrogens is 406 g/mol. The molecule has 4 atom stereocenters. The second-order valence-corrected chi connectivity index (χ2v) is 10.7. The lowest BCUT2D eigenvalue weighted by atomic mass is 9.62. The lowest BCUT2D eigenvalue weighted by Crippen LogP contribution is -2.40. The third-order valence-electron chi connectivity index (χ3n) is 7.56. The molecule has 4 nitrogen and oxygen atoms in total. The molecule has 0 saturated heterocycles. The number of halogens is 1. The van der Waals surface area contributed by atoms with E-state index < -0.39 is 0 Å². The van der Waals surface area contributed by atoms with Crippen LogP contribution in [0.5, 0.6) is 0 Å². The summed E-state index contributed by atoms with van der Waals surface area (Å²) < 4.78 is 4.75. The highest BCUT2D eigenvalue weighted by Crippen LogP contribution is 2.48. The largest absolute Gasteiger partial charge is 0.465 e. The van der Waals surface area contributed by atoms with Crippen molar-refractivity contribution >= 4 is 28.9 Å². The summed E-state index contributed by atoms with van der Waals surface area (Å²) in [5, 5.41) is 12.0. The average Bonchev–Trinajstić information content (AvgIpc) is 3.29. The molecule has 2 saturated carbocycles. The van der Waals surface area contributed by atoms with Gasteiger partial charge >= 0.3 is 5.97 Å². The number of nitrogens with zero attached hydrogens (tertiary/aromatic N) is 1. The van der Waals surface area contributed by atoms with Crippen molar-refractivity contribution < 1.29 is 14.6 Å². The van der Waals surface area contributed by atoms with E-state index in [-0.39, 0.29) is 22.9 Å². The quantitative estimate of drug-likeness (QED) is 0.338. The number of aliphatic hydroxyl groups excluding tert-OH is 1. The number of rotatable bonds is 11. The zero-order valence-electron chi connectivity index (χ0n) is 17.9. The van der Waals surface area contributed by atoms with E-state index in [0.29, 0.717) is 16.7 Å². The second-order valence-electron chi connectivity index (χ2n) is 9.04. The van der Waals surface area contributed by atoms with Crippen molar-refractivity contribution in [3.05, 3.63) is 16.1 Å². The molecule has 2 aliphatic carbocycles. The van der Waals surface area contributed by atoms with E-state index in [1.54, 1.807) is 6.20 Å². The van der Waals surface area contributed by atoms with Gasteiger partial charge in [-0.05, 0) is 81.5 Å². The van der Waals surface area contributed by atoms with Crippen LogP contribution in [0.2, 0.25) is 0 Å². The van der Waals surface area contributed by atoms with Crippen LogP contribution >= 0.6 is 22.9 Å². The molecule has 3 rings (SSSR count). The van der Waals surface area contributed by atoms with Crippen LogP contribution in [0, 0.1) is 17.3 Å². The van der Waals surface area contributed by atoms with Crippen LogP contribution in [0.1, 0.15) is 92.2 Å². The maximum absolute atomic E-state index is 11.6. The van der Waals surface area contributed by atoms with Gasteiger partial charge in [-0.1, -0.05) is 19.8 Å². The predicted octanol–water partition coefficient (Wildman–Crippen LogP) is 6.00. The fourth-order valence-electron chi connectivity index (χ4n) is 5.41. The summed E-state index contributed by atoms with van der Waals surface area (Å²) in [6.45, 7) is 2.22. The number of hydrogen-bond donors (Lipinski definition) is 1. The van der Waals surface area contributed by atoms with E-state index in [9.17, 15) is 9.90 Å². The summed E-state index contributed by atoms with van der Waals surface area (Å²) in [4.78, 5) is 16.5. The number of esters is 1. The fourth-order valence-corrected chi connectivity index (χ4v) is 6.75. The number of aliphatic hydroxyl groups is 1. The van der Waals surface area contributed by atoms with Gasteiger partial charge in [-0.25, -0.2) is 9.78 Å². The highest BCUT2D eigenvalue weighted by Gasteiger charge is 2.41. The molecule has 1 aromatic heterocycles. The smallest absolute Gasteiger partial charge is 0.349 e. The first-order valence-corrected chi connectivity index (χ1v) is 12.6. The standard InChI is InChI=1S/C23H36ClNO3S/c1-3-23(13-6-14-23)20(26)9-5-8-17-16(11-12-18(17)24)7-4-10-21-25-15-19(29-21)22(27)28-2/h15-18,20,26H,3-14H2,1-2H3/t16-,17+,18+,20?/m0/s1. The molecule has 1 unspecified atom stereocenters. The van der Waals surface area contributed by atoms with Crippen LogP contribution in [-0.4, -0.2) is 34.7 Å². The van der Waals surface area contributed by atoms with Crippen LogP contribution in [0.4, 0.5) is 0 Å². The number of methoxy groups -OCH3 is 1. The van der Waals surface area contributed by atoms with Gasteiger partial charge in [0.05, 0.1) is 24.4 Å². The van der Waals surface area contributed by atoms with E-state index in [0.717, 1.165) is 50.0 Å². The maximum atomic E-state index is 11.6. The Morgan fingerprint density at radius 1 is 1.38 bits per heavy atom. The Kier molecular flexibility index (Phi) is 8.41. The molecule has 29 heavy (non-hydrogen) atoms. The SMILES string of the molecule is CCC1(C(O)CCC[C@@H]2[C@@H](CCCc3ncc(C(=O)OC)s3)CC[C@H]2Cl)CCC1. The van der Waals surface area contributed by atoms with Crippen LogP contribution in [-0.2, 0) is 11.2 Å². The Bertz CT molecular complexity index is 655. The predicted molar refractivity (Wildman–Crippen MR) is 119 cm³/mol. The average molecular weight is 442 g/mol. The third-order valence-corrected chi connectivity index (χ3v) is 9.14. The van der Waals surface area contributed by atoms with Crippen molar-refractivity contribution in [3.63, 3.8) is 0 Å². The summed E-state index contributed by atoms with van der Waals surface area (Å²) in [5.74, 6) is 0.951. The monoisotopic (exact) mass is 441 g/mol. The van der Waals surface area contributed by atoms with Crippen LogP contribution in [0.25, 0.3) is 0 Å². The number of ether oxygens (including phenoxy) is 1. The Morgan fingerprint density at radius 2 is 2.17 bits per heavy atom. The van der Waals surface area contributed by atoms with Gasteiger partial charge in [0.25, 0.3) is 0 Å². The summed E-state index contributed by atoms with van der Waals surface area (Å²) in [5.41, 5.74) is 0.214. The Hall–Kier alpha value is -0.650. The second kappa shape index (κ2) is 10.6. The number of carbonyl (C=O) groups is 1. The Labute approximate surface area is 184 Å². The number of aromatic nitrogens is 1. The molecule has 2 aliphatic rings. The molecule has 0 spiro atoms. The lowest BCUT2D eigenvalue weighted by Gasteiger charge is -2.45. The van der Waals surface area contributed by atoms with Gasteiger partial charge in [0.2, 0.25) is 0 Å². The maximum Gasteiger partial charge on any atom is 0.349 e. The minimum atomic E-state index is -0.302. The highest BCUT2D eigenvalue weighted by atomic mass is 35.5. The van der Waals surface area contributed by atoms with Crippen LogP contribution < -0.4 is 0 Å². The van der Waals surface area contributed by atoms with E-state index in [1.165, 1.54) is 50.6 Å². The van der Waals surface area contributed by atoms with Gasteiger partial charge < -0.3 is 9.84 Å². The normalized spacial score (nSPS) is 26.8. The molecule has 6 heteroatoms. The van der Waals surface area contributed by atoms with Crippen molar-refractivity contribution in [2.24, 2.45) is 17.3 Å². The molecule has 0 aliphatic heterocycles. The van der Waals surface area contributed by atoms with Crippen molar-refractivity contribution in [2.45, 2.75) is 95.5 Å². The van der Waals surface area contributed by atoms with E-state index in [4.69, 9.17) is 16.3 Å². The van der Waals surface area contributed by atoms with Gasteiger partial charge in [-0.15, -0.1) is 22.9 Å². The molecule has 0 bridgehead atoms. The number of thiazole rings is 1. The van der Waals surface area contributed by atoms with Crippen molar-refractivity contribution in [3.8, 4) is 0 Å². The van der Waals surface area contributed by atoms with Gasteiger partial charge in [0, 0.05) is 5.38 Å². The first kappa shape index (κ1) is 23.0. The molecule has 1 aromatic rings. The topological polar surface area (TPSA) is 59.4 Å². The van der Waals surface area contributed by atoms with Gasteiger partial charge in [0.15, 0.2) is 0 Å². The van der Waals surface area contributed by atoms with Crippen molar-refractivity contribution in [1.82, 2.24) is 4.98 Å². The van der Waals surface area contributed by atoms with Crippen molar-refractivity contribution in [1.29, 1.82) is 0 Å². The van der Waals surface area contributed by atoms with E-state index >= 15 is 0 Å². The Morgan fingerprint density at radius 3 is 2.83 bits per heavy atom. The molecule has 164 valence electrons. The Balaban J connectivity index is 1.41. The molecule has 0 amide bonds. The van der Waals surface area contributed by atoms with Gasteiger partial charge in [-0.3, -0.25) is 0 Å². The number of alkyl halides is 1. The summed E-state index contributed by atoms with van der Waals surface area (Å²) in [6, 6.07) is 0. The molecule has 0 aromatic carbocycles. The molecule has 2 fully saturated rings. The molecule has 1 heterocycles. The summed E-state index contributed by atoms with van der Waals surface area (Å²) >= 11 is 8.11. The van der Waals surface area contributed by atoms with Crippen LogP contribution in [0.15, 0.2) is 6.20 Å². The summed E-state index contributed by atoms with van der Waals surface area (Å²) in [7, 11) is 1.40. The first-order chi connectivity index (χ1) is 14.0. The lowest BCUT2D eigenvalue weighted by molar-refractivity contribution is -0.0437. The van der Waals surface area contributed by atoms with Gasteiger partial charge in [0.1, 0.15) is 4.88 Å². The minimum absolute atomic E-state index is 0.135. The number of aryl methyl sites for hydroxylation is 1. The van der Waals surface area contributed by atoms with Crippen LogP contribution in [0.3, 0.4) is 0 Å². The zero-order chi connectivity index (χ0) is 20.9. The minimum Gasteiger partial charge on any atom is -0.465 e. The first-order valence-electron chi connectivity index (χ1n) is 11.3. The van der Waals surface area contributed by atoms with Gasteiger partial charge in [-0.2, -0.15) is 0 Å².